The summed E-state index contributed by atoms with van der Waals surface area (Å²) in [5.41, 5.74) is 3.53. The molecular weight excluding hydrogens is 430 g/mol. The zero-order chi connectivity index (χ0) is 19.5. The fourth-order valence-electron chi connectivity index (χ4n) is 18.9. The van der Waals surface area contributed by atoms with Crippen LogP contribution in [-0.2, 0) is 4.57 Å². The number of hydrogen-bond acceptors (Lipinski definition) is 1. The van der Waals surface area contributed by atoms with Crippen molar-refractivity contribution in [3.63, 3.8) is 0 Å². The fourth-order valence-corrected chi connectivity index (χ4v) is 21.4. The van der Waals surface area contributed by atoms with Crippen molar-refractivity contribution >= 4 is 28.3 Å². The molecule has 0 heterocycles. The Morgan fingerprint density at radius 1 is 0.500 bits per heavy atom. The van der Waals surface area contributed by atoms with Crippen molar-refractivity contribution in [2.75, 3.05) is 0 Å². The van der Waals surface area contributed by atoms with Gasteiger partial charge in [0.05, 0.1) is 5.16 Å². The first-order valence-electron chi connectivity index (χ1n) is 13.2. The summed E-state index contributed by atoms with van der Waals surface area (Å²) in [6.07, 6.45) is 17.5. The second-order valence-electron chi connectivity index (χ2n) is 15.8. The monoisotopic (exact) mass is 460 g/mol. The Morgan fingerprint density at radius 2 is 0.767 bits per heavy atom. The summed E-state index contributed by atoms with van der Waals surface area (Å²) in [4.78, 5) is 0. The van der Waals surface area contributed by atoms with E-state index in [0.717, 1.165) is 41.4 Å². The molecule has 0 radical (unpaired) electrons. The van der Waals surface area contributed by atoms with Crippen molar-refractivity contribution in [2.24, 2.45) is 73.9 Å². The van der Waals surface area contributed by atoms with Gasteiger partial charge >= 0.3 is 0 Å². The lowest BCUT2D eigenvalue weighted by molar-refractivity contribution is -0.548. The highest BCUT2D eigenvalue weighted by atomic mass is 35.9. The second-order valence-corrected chi connectivity index (χ2v) is 21.0. The maximum atomic E-state index is 13.8. The average Bonchev–Trinajstić information content (AvgIpc) is 2.53. The Hall–Kier alpha value is 0.810. The lowest BCUT2D eigenvalue weighted by Crippen LogP contribution is -2.98. The molecule has 0 aliphatic heterocycles. The molecule has 0 amide bonds. The molecule has 16 rings (SSSR count). The Kier molecular flexibility index (Phi) is 2.03. The smallest absolute Gasteiger partial charge is 0.259 e. The van der Waals surface area contributed by atoms with Crippen LogP contribution in [0.4, 0.5) is 0 Å². The topological polar surface area (TPSA) is 17.1 Å². The fraction of sp³-hybridized carbons (Fsp3) is 1.00. The molecule has 16 saturated carbocycles. The summed E-state index contributed by atoms with van der Waals surface area (Å²) < 4.78 is 13.8. The van der Waals surface area contributed by atoms with Crippen molar-refractivity contribution < 1.29 is 4.57 Å². The van der Waals surface area contributed by atoms with Gasteiger partial charge in [-0.05, 0) is 173 Å². The van der Waals surface area contributed by atoms with Crippen molar-refractivity contribution in [1.29, 1.82) is 0 Å². The predicted octanol–water partition coefficient (Wildman–Crippen LogP) is 7.46. The van der Waals surface area contributed by atoms with Crippen LogP contribution in [-0.4, -0.2) is 5.16 Å². The molecular formula is C26H31Cl2OP. The Balaban J connectivity index is 1.37. The molecule has 0 unspecified atom stereocenters. The minimum absolute atomic E-state index is 0.218. The molecule has 0 aromatic rings. The summed E-state index contributed by atoms with van der Waals surface area (Å²) >= 11 is 13.7. The predicted molar refractivity (Wildman–Crippen MR) is 116 cm³/mol. The minimum atomic E-state index is -3.15. The van der Waals surface area contributed by atoms with E-state index in [1.807, 2.05) is 0 Å². The quantitative estimate of drug-likeness (QED) is 0.371. The van der Waals surface area contributed by atoms with Crippen LogP contribution in [0.25, 0.3) is 0 Å². The Labute approximate surface area is 188 Å². The van der Waals surface area contributed by atoms with Crippen LogP contribution >= 0.6 is 28.3 Å². The summed E-state index contributed by atoms with van der Waals surface area (Å²) in [6.45, 7) is 0. The van der Waals surface area contributed by atoms with Crippen LogP contribution < -0.4 is 0 Å². The molecule has 0 saturated heterocycles. The van der Waals surface area contributed by atoms with Crippen LogP contribution in [0.1, 0.15) is 77.0 Å². The van der Waals surface area contributed by atoms with Gasteiger partial charge < -0.3 is 0 Å². The van der Waals surface area contributed by atoms with Gasteiger partial charge in [-0.15, -0.1) is 0 Å². The van der Waals surface area contributed by atoms with Crippen LogP contribution in [0.15, 0.2) is 0 Å². The van der Waals surface area contributed by atoms with Crippen LogP contribution in [0, 0.1) is 73.9 Å². The first kappa shape index (κ1) is 16.4. The van der Waals surface area contributed by atoms with Gasteiger partial charge in [0.25, 0.3) is 5.85 Å². The molecule has 30 heavy (non-hydrogen) atoms. The van der Waals surface area contributed by atoms with E-state index in [4.69, 9.17) is 22.5 Å². The third-order valence-electron chi connectivity index (χ3n) is 15.4. The van der Waals surface area contributed by atoms with Gasteiger partial charge in [-0.1, -0.05) is 0 Å². The van der Waals surface area contributed by atoms with E-state index in [1.165, 1.54) is 38.5 Å². The summed E-state index contributed by atoms with van der Waals surface area (Å²) in [6, 6.07) is 0. The maximum absolute atomic E-state index is 13.8. The van der Waals surface area contributed by atoms with E-state index in [1.54, 1.807) is 38.5 Å². The number of hydrogen-bond donors (Lipinski definition) is 0. The third-order valence-corrected chi connectivity index (χ3v) is 19.2. The molecule has 6 spiro atoms. The molecule has 16 fully saturated rings. The standard InChI is InChI=1S/C26H31Cl2OP/c27-30(28,29)20-10-24-7-13-1-21-3-14-4-23-6-15-5-22(2-13,16(21)23)18(24)26(9-15,12-20)19(23)25(8-14,11-20)17(21)24/h13-19H,1-12H2. The van der Waals surface area contributed by atoms with Crippen molar-refractivity contribution in [1.82, 2.24) is 0 Å². The SMILES string of the molecule is O=P(Cl)(Cl)C12CC34CC5CC67CC8CC9%10CC%11CC(C5)(C69)C3C(C%11)(C1)C%10C(C8)(C2)C74. The molecule has 0 atom stereocenters. The van der Waals surface area contributed by atoms with E-state index < -0.39 is 5.85 Å². The molecule has 16 aliphatic carbocycles. The molecule has 160 valence electrons. The molecule has 16 aliphatic rings. The Morgan fingerprint density at radius 3 is 1.07 bits per heavy atom. The average molecular weight is 461 g/mol. The summed E-state index contributed by atoms with van der Waals surface area (Å²) in [5.74, 6) is 3.81. The molecule has 1 nitrogen and oxygen atoms in total. The van der Waals surface area contributed by atoms with Gasteiger partial charge in [0.1, 0.15) is 0 Å². The zero-order valence-corrected chi connectivity index (χ0v) is 20.0. The largest absolute Gasteiger partial charge is 0.289 e. The molecule has 14 bridgehead atoms. The second kappa shape index (κ2) is 3.70. The van der Waals surface area contributed by atoms with E-state index in [-0.39, 0.29) is 5.16 Å². The van der Waals surface area contributed by atoms with Crippen molar-refractivity contribution in [3.8, 4) is 0 Å². The summed E-state index contributed by atoms with van der Waals surface area (Å²) in [5, 5.41) is -0.218. The van der Waals surface area contributed by atoms with Crippen LogP contribution in [0.5, 0.6) is 0 Å². The lowest BCUT2D eigenvalue weighted by atomic mass is 9.01. The maximum Gasteiger partial charge on any atom is 0.259 e. The van der Waals surface area contributed by atoms with Gasteiger partial charge in [-0.2, -0.15) is 0 Å². The highest BCUT2D eigenvalue weighted by molar-refractivity contribution is 8.09. The van der Waals surface area contributed by atoms with Gasteiger partial charge in [-0.25, -0.2) is 0 Å². The summed E-state index contributed by atoms with van der Waals surface area (Å²) in [7, 11) is 0. The van der Waals surface area contributed by atoms with E-state index in [0.29, 0.717) is 32.5 Å². The normalized spacial score (nSPS) is 81.5. The number of halogens is 2. The van der Waals surface area contributed by atoms with Crippen molar-refractivity contribution in [2.45, 2.75) is 82.2 Å². The molecule has 0 N–H and O–H groups in total. The van der Waals surface area contributed by atoms with E-state index >= 15 is 0 Å². The first-order chi connectivity index (χ1) is 14.2. The minimum Gasteiger partial charge on any atom is -0.289 e. The number of rotatable bonds is 1. The zero-order valence-electron chi connectivity index (χ0n) is 17.6. The van der Waals surface area contributed by atoms with E-state index in [2.05, 4.69) is 0 Å². The van der Waals surface area contributed by atoms with Crippen molar-refractivity contribution in [3.05, 3.63) is 0 Å². The molecule has 4 heteroatoms. The van der Waals surface area contributed by atoms with Gasteiger partial charge in [0.15, 0.2) is 0 Å². The Bertz CT molecular complexity index is 940. The van der Waals surface area contributed by atoms with Crippen LogP contribution in [0.3, 0.4) is 0 Å². The first-order valence-corrected chi connectivity index (χ1v) is 16.7. The van der Waals surface area contributed by atoms with Gasteiger partial charge in [0.2, 0.25) is 0 Å². The van der Waals surface area contributed by atoms with E-state index in [9.17, 15) is 4.57 Å². The molecule has 0 aromatic heterocycles. The van der Waals surface area contributed by atoms with Gasteiger partial charge in [-0.3, -0.25) is 4.57 Å². The molecule has 0 aromatic carbocycles. The van der Waals surface area contributed by atoms with Crippen LogP contribution in [0.2, 0.25) is 0 Å². The highest BCUT2D eigenvalue weighted by Crippen LogP contribution is 3.07. The lowest BCUT2D eigenvalue weighted by Gasteiger charge is -3.03. The highest BCUT2D eigenvalue weighted by Gasteiger charge is 3.01. The van der Waals surface area contributed by atoms with Gasteiger partial charge in [0, 0.05) is 0 Å². The third kappa shape index (κ3) is 1.06.